The maximum absolute atomic E-state index is 8.66. The molecular weight excluding hydrogens is 252 g/mol. The highest BCUT2D eigenvalue weighted by Crippen LogP contribution is 2.29. The molecule has 0 unspecified atom stereocenters. The van der Waals surface area contributed by atoms with Crippen molar-refractivity contribution in [2.24, 2.45) is 5.10 Å². The van der Waals surface area contributed by atoms with Crippen LogP contribution in [-0.4, -0.2) is 11.8 Å². The molecule has 0 aromatic heterocycles. The molecule has 5 heteroatoms. The fraction of sp³-hybridized carbons (Fsp3) is 0.400. The van der Waals surface area contributed by atoms with Gasteiger partial charge in [0.2, 0.25) is 5.71 Å². The van der Waals surface area contributed by atoms with Crippen LogP contribution in [0.2, 0.25) is 0 Å². The molecule has 0 amide bonds. The van der Waals surface area contributed by atoms with Gasteiger partial charge in [0.1, 0.15) is 17.9 Å². The van der Waals surface area contributed by atoms with Crippen LogP contribution in [0.25, 0.3) is 0 Å². The van der Waals surface area contributed by atoms with E-state index in [1.807, 2.05) is 24.3 Å². The molecule has 1 saturated carbocycles. The highest BCUT2D eigenvalue weighted by Gasteiger charge is 2.16. The minimum absolute atomic E-state index is 0.211. The van der Waals surface area contributed by atoms with Gasteiger partial charge in [0.15, 0.2) is 0 Å². The largest absolute Gasteiger partial charge is 0.488 e. The molecule has 0 radical (unpaired) electrons. The van der Waals surface area contributed by atoms with E-state index in [4.69, 9.17) is 15.3 Å². The van der Waals surface area contributed by atoms with Crippen LogP contribution >= 0.6 is 0 Å². The molecular formula is C15H16N4O. The van der Waals surface area contributed by atoms with Crippen LogP contribution < -0.4 is 10.2 Å². The number of nitrogens with one attached hydrogen (secondary N) is 1. The molecule has 0 atom stereocenters. The molecule has 0 aliphatic heterocycles. The van der Waals surface area contributed by atoms with Crippen LogP contribution in [-0.2, 0) is 0 Å². The van der Waals surface area contributed by atoms with Crippen molar-refractivity contribution in [2.45, 2.75) is 38.2 Å². The van der Waals surface area contributed by atoms with Gasteiger partial charge in [-0.2, -0.15) is 15.6 Å². The van der Waals surface area contributed by atoms with Crippen LogP contribution in [0.3, 0.4) is 0 Å². The SMILES string of the molecule is N#CC(C#N)=NNc1ccccc1OC1CCCCC1. The van der Waals surface area contributed by atoms with Gasteiger partial charge in [0.05, 0.1) is 11.8 Å². The van der Waals surface area contributed by atoms with Crippen molar-refractivity contribution in [1.82, 2.24) is 0 Å². The molecule has 1 aliphatic carbocycles. The smallest absolute Gasteiger partial charge is 0.237 e. The first kappa shape index (κ1) is 13.9. The zero-order valence-electron chi connectivity index (χ0n) is 11.2. The van der Waals surface area contributed by atoms with E-state index in [0.29, 0.717) is 11.4 Å². The topological polar surface area (TPSA) is 81.2 Å². The highest BCUT2D eigenvalue weighted by atomic mass is 16.5. The van der Waals surface area contributed by atoms with Gasteiger partial charge in [-0.05, 0) is 37.8 Å². The van der Waals surface area contributed by atoms with Crippen molar-refractivity contribution < 1.29 is 4.74 Å². The van der Waals surface area contributed by atoms with Crippen LogP contribution in [0, 0.1) is 22.7 Å². The zero-order chi connectivity index (χ0) is 14.2. The van der Waals surface area contributed by atoms with Crippen LogP contribution in [0.4, 0.5) is 5.69 Å². The number of rotatable bonds is 4. The van der Waals surface area contributed by atoms with E-state index >= 15 is 0 Å². The van der Waals surface area contributed by atoms with E-state index < -0.39 is 0 Å². The van der Waals surface area contributed by atoms with E-state index in [1.165, 1.54) is 19.3 Å². The van der Waals surface area contributed by atoms with Crippen LogP contribution in [0.1, 0.15) is 32.1 Å². The van der Waals surface area contributed by atoms with Crippen molar-refractivity contribution in [3.63, 3.8) is 0 Å². The lowest BCUT2D eigenvalue weighted by Gasteiger charge is -2.24. The molecule has 0 saturated heterocycles. The second-order valence-electron chi connectivity index (χ2n) is 4.67. The Kier molecular flexibility index (Phi) is 4.97. The Morgan fingerprint density at radius 1 is 1.15 bits per heavy atom. The Bertz CT molecular complexity index is 546. The number of nitrogens with zero attached hydrogens (tertiary/aromatic N) is 3. The summed E-state index contributed by atoms with van der Waals surface area (Å²) in [5.74, 6) is 0.707. The van der Waals surface area contributed by atoms with Crippen LogP contribution in [0.15, 0.2) is 29.4 Å². The van der Waals surface area contributed by atoms with Crippen molar-refractivity contribution in [3.05, 3.63) is 24.3 Å². The summed E-state index contributed by atoms with van der Waals surface area (Å²) < 4.78 is 5.99. The molecule has 1 N–H and O–H groups in total. The lowest BCUT2D eigenvalue weighted by Crippen LogP contribution is -2.20. The van der Waals surface area contributed by atoms with E-state index in [-0.39, 0.29) is 11.8 Å². The predicted molar refractivity (Wildman–Crippen MR) is 76.2 cm³/mol. The standard InChI is InChI=1S/C15H16N4O/c16-10-12(11-17)18-19-14-8-4-5-9-15(14)20-13-6-2-1-3-7-13/h4-5,8-9,13,19H,1-3,6-7H2. The Hall–Kier alpha value is -2.53. The summed E-state index contributed by atoms with van der Waals surface area (Å²) in [6.45, 7) is 0. The molecule has 102 valence electrons. The molecule has 1 fully saturated rings. The Labute approximate surface area is 118 Å². The Morgan fingerprint density at radius 3 is 2.55 bits per heavy atom. The first-order valence-electron chi connectivity index (χ1n) is 6.73. The number of hydrazone groups is 1. The normalized spacial score (nSPS) is 14.7. The van der Waals surface area contributed by atoms with Crippen molar-refractivity contribution in [1.29, 1.82) is 10.5 Å². The highest BCUT2D eigenvalue weighted by molar-refractivity contribution is 6.10. The Balaban J connectivity index is 2.08. The average Bonchev–Trinajstić information content (AvgIpc) is 2.51. The lowest BCUT2D eigenvalue weighted by atomic mass is 9.98. The molecule has 1 aromatic rings. The van der Waals surface area contributed by atoms with E-state index in [2.05, 4.69) is 10.5 Å². The number of benzene rings is 1. The van der Waals surface area contributed by atoms with Crippen molar-refractivity contribution in [2.75, 3.05) is 5.43 Å². The fourth-order valence-corrected chi connectivity index (χ4v) is 2.22. The number of hydrogen-bond donors (Lipinski definition) is 1. The van der Waals surface area contributed by atoms with Gasteiger partial charge in [-0.15, -0.1) is 0 Å². The van der Waals surface area contributed by atoms with E-state index in [9.17, 15) is 0 Å². The summed E-state index contributed by atoms with van der Waals surface area (Å²) in [5.41, 5.74) is 3.18. The molecule has 1 aromatic carbocycles. The third-order valence-electron chi connectivity index (χ3n) is 3.23. The summed E-state index contributed by atoms with van der Waals surface area (Å²) in [5, 5.41) is 21.1. The second kappa shape index (κ2) is 7.16. The molecule has 1 aliphatic rings. The van der Waals surface area contributed by atoms with Crippen molar-refractivity contribution in [3.8, 4) is 17.9 Å². The first-order chi connectivity index (χ1) is 9.83. The maximum atomic E-state index is 8.66. The van der Waals surface area contributed by atoms with Gasteiger partial charge in [-0.25, -0.2) is 0 Å². The number of hydrogen-bond acceptors (Lipinski definition) is 5. The molecule has 20 heavy (non-hydrogen) atoms. The summed E-state index contributed by atoms with van der Waals surface area (Å²) in [7, 11) is 0. The monoisotopic (exact) mass is 268 g/mol. The predicted octanol–water partition coefficient (Wildman–Crippen LogP) is 3.21. The van der Waals surface area contributed by atoms with Gasteiger partial charge >= 0.3 is 0 Å². The third-order valence-corrected chi connectivity index (χ3v) is 3.23. The van der Waals surface area contributed by atoms with Gasteiger partial charge < -0.3 is 4.74 Å². The molecule has 0 heterocycles. The first-order valence-corrected chi connectivity index (χ1v) is 6.73. The van der Waals surface area contributed by atoms with Gasteiger partial charge in [0.25, 0.3) is 0 Å². The molecule has 5 nitrogen and oxygen atoms in total. The zero-order valence-corrected chi connectivity index (χ0v) is 11.2. The number of para-hydroxylation sites is 2. The second-order valence-corrected chi connectivity index (χ2v) is 4.67. The van der Waals surface area contributed by atoms with Crippen molar-refractivity contribution >= 4 is 11.4 Å². The van der Waals surface area contributed by atoms with Gasteiger partial charge in [-0.1, -0.05) is 18.6 Å². The summed E-state index contributed by atoms with van der Waals surface area (Å²) in [6.07, 6.45) is 6.05. The molecule has 2 rings (SSSR count). The number of anilines is 1. The van der Waals surface area contributed by atoms with E-state index in [1.54, 1.807) is 12.1 Å². The summed E-state index contributed by atoms with van der Waals surface area (Å²) in [4.78, 5) is 0. The lowest BCUT2D eigenvalue weighted by molar-refractivity contribution is 0.156. The Morgan fingerprint density at radius 2 is 1.85 bits per heavy atom. The third kappa shape index (κ3) is 3.73. The summed E-state index contributed by atoms with van der Waals surface area (Å²) >= 11 is 0. The number of nitriles is 2. The maximum Gasteiger partial charge on any atom is 0.237 e. The average molecular weight is 268 g/mol. The van der Waals surface area contributed by atoms with E-state index in [0.717, 1.165) is 12.8 Å². The summed E-state index contributed by atoms with van der Waals surface area (Å²) in [6, 6.07) is 10.8. The van der Waals surface area contributed by atoms with Gasteiger partial charge in [-0.3, -0.25) is 5.43 Å². The fourth-order valence-electron chi connectivity index (χ4n) is 2.22. The van der Waals surface area contributed by atoms with Crippen LogP contribution in [0.5, 0.6) is 5.75 Å². The minimum atomic E-state index is -0.211. The molecule has 0 bridgehead atoms. The number of ether oxygens (including phenoxy) is 1. The van der Waals surface area contributed by atoms with Gasteiger partial charge in [0, 0.05) is 0 Å². The minimum Gasteiger partial charge on any atom is -0.488 e. The molecule has 0 spiro atoms. The quantitative estimate of drug-likeness (QED) is 0.671.